The van der Waals surface area contributed by atoms with Gasteiger partial charge in [0, 0.05) is 6.08 Å². The molecule has 2 atom stereocenters. The number of hydrogen-bond acceptors (Lipinski definition) is 4. The van der Waals surface area contributed by atoms with Crippen molar-refractivity contribution in [1.29, 1.82) is 0 Å². The second kappa shape index (κ2) is 5.29. The number of carboxylic acids is 2. The van der Waals surface area contributed by atoms with Crippen molar-refractivity contribution in [3.05, 3.63) is 12.7 Å². The Morgan fingerprint density at radius 1 is 1.44 bits per heavy atom. The van der Waals surface area contributed by atoms with Gasteiger partial charge in [-0.2, -0.15) is 0 Å². The van der Waals surface area contributed by atoms with Crippen molar-refractivity contribution < 1.29 is 29.3 Å². The number of carboxylic acid groups (broad SMARTS) is 2. The Balaban J connectivity index is 5.17. The first-order valence-corrected chi connectivity index (χ1v) is 4.58. The summed E-state index contributed by atoms with van der Waals surface area (Å²) in [5, 5.41) is 17.8. The van der Waals surface area contributed by atoms with Crippen LogP contribution in [-0.2, 0) is 19.1 Å². The molecule has 0 heterocycles. The van der Waals surface area contributed by atoms with Gasteiger partial charge in [-0.3, -0.25) is 4.79 Å². The SMILES string of the molecule is C=CC(=O)OC(C(=O)O)C(C)(CC)C(=O)O. The van der Waals surface area contributed by atoms with E-state index in [4.69, 9.17) is 10.2 Å². The minimum absolute atomic E-state index is 0.0176. The van der Waals surface area contributed by atoms with E-state index in [1.807, 2.05) is 0 Å². The minimum atomic E-state index is -1.74. The fourth-order valence-electron chi connectivity index (χ4n) is 1.07. The van der Waals surface area contributed by atoms with Gasteiger partial charge in [-0.05, 0) is 13.3 Å². The number of ether oxygens (including phenoxy) is 1. The zero-order valence-electron chi connectivity index (χ0n) is 9.10. The van der Waals surface area contributed by atoms with Gasteiger partial charge in [-0.25, -0.2) is 9.59 Å². The normalized spacial score (nSPS) is 15.6. The van der Waals surface area contributed by atoms with Crippen LogP contribution in [0.25, 0.3) is 0 Å². The largest absolute Gasteiger partial charge is 0.481 e. The van der Waals surface area contributed by atoms with Gasteiger partial charge in [0.05, 0.1) is 0 Å². The summed E-state index contributed by atoms with van der Waals surface area (Å²) < 4.78 is 4.54. The van der Waals surface area contributed by atoms with Crippen LogP contribution in [0, 0.1) is 5.41 Å². The van der Waals surface area contributed by atoms with Gasteiger partial charge in [-0.15, -0.1) is 0 Å². The van der Waals surface area contributed by atoms with Crippen LogP contribution in [0.2, 0.25) is 0 Å². The summed E-state index contributed by atoms with van der Waals surface area (Å²) in [5.74, 6) is -3.80. The van der Waals surface area contributed by atoms with Crippen molar-refractivity contribution in [2.45, 2.75) is 26.4 Å². The van der Waals surface area contributed by atoms with Gasteiger partial charge in [-0.1, -0.05) is 13.5 Å². The van der Waals surface area contributed by atoms with Crippen LogP contribution in [0.1, 0.15) is 20.3 Å². The van der Waals surface area contributed by atoms with Crippen LogP contribution in [0.4, 0.5) is 0 Å². The second-order valence-electron chi connectivity index (χ2n) is 3.44. The molecule has 16 heavy (non-hydrogen) atoms. The minimum Gasteiger partial charge on any atom is -0.481 e. The lowest BCUT2D eigenvalue weighted by atomic mass is 9.81. The third kappa shape index (κ3) is 2.82. The predicted octanol–water partition coefficient (Wildman–Crippen LogP) is 0.670. The number of hydrogen-bond donors (Lipinski definition) is 2. The molecule has 6 heteroatoms. The molecule has 0 aromatic heterocycles. The molecule has 0 bridgehead atoms. The maximum atomic E-state index is 11.0. The third-order valence-electron chi connectivity index (χ3n) is 2.43. The van der Waals surface area contributed by atoms with E-state index >= 15 is 0 Å². The van der Waals surface area contributed by atoms with Crippen LogP contribution in [0.3, 0.4) is 0 Å². The molecule has 0 saturated heterocycles. The highest BCUT2D eigenvalue weighted by Crippen LogP contribution is 2.29. The maximum Gasteiger partial charge on any atom is 0.346 e. The average Bonchev–Trinajstić information content (AvgIpc) is 2.23. The molecular formula is C10H14O6. The first-order chi connectivity index (χ1) is 7.29. The first-order valence-electron chi connectivity index (χ1n) is 4.58. The quantitative estimate of drug-likeness (QED) is 0.513. The zero-order valence-corrected chi connectivity index (χ0v) is 9.10. The molecule has 0 aromatic carbocycles. The summed E-state index contributed by atoms with van der Waals surface area (Å²) in [7, 11) is 0. The van der Waals surface area contributed by atoms with Crippen molar-refractivity contribution in [3.8, 4) is 0 Å². The highest BCUT2D eigenvalue weighted by molar-refractivity contribution is 5.89. The van der Waals surface area contributed by atoms with Crippen LogP contribution in [0.15, 0.2) is 12.7 Å². The predicted molar refractivity (Wildman–Crippen MR) is 53.7 cm³/mol. The topological polar surface area (TPSA) is 101 Å². The van der Waals surface area contributed by atoms with E-state index in [0.29, 0.717) is 0 Å². The zero-order chi connectivity index (χ0) is 12.9. The Morgan fingerprint density at radius 2 is 1.94 bits per heavy atom. The fourth-order valence-corrected chi connectivity index (χ4v) is 1.07. The summed E-state index contributed by atoms with van der Waals surface area (Å²) in [5.41, 5.74) is -1.66. The van der Waals surface area contributed by atoms with Crippen molar-refractivity contribution in [2.24, 2.45) is 5.41 Å². The third-order valence-corrected chi connectivity index (χ3v) is 2.43. The maximum absolute atomic E-state index is 11.0. The van der Waals surface area contributed by atoms with Gasteiger partial charge in [0.25, 0.3) is 0 Å². The summed E-state index contributed by atoms with van der Waals surface area (Å²) in [6, 6.07) is 0. The van der Waals surface area contributed by atoms with Crippen molar-refractivity contribution in [3.63, 3.8) is 0 Å². The molecule has 0 aliphatic carbocycles. The number of rotatable bonds is 6. The molecule has 0 aliphatic heterocycles. The lowest BCUT2D eigenvalue weighted by Crippen LogP contribution is -2.46. The molecular weight excluding hydrogens is 216 g/mol. The van der Waals surface area contributed by atoms with Gasteiger partial charge in [0.1, 0.15) is 5.41 Å². The van der Waals surface area contributed by atoms with Crippen molar-refractivity contribution >= 4 is 17.9 Å². The molecule has 0 amide bonds. The number of carbonyl (C=O) groups is 3. The first kappa shape index (κ1) is 14.2. The van der Waals surface area contributed by atoms with E-state index in [0.717, 1.165) is 6.08 Å². The smallest absolute Gasteiger partial charge is 0.346 e. The number of carbonyl (C=O) groups excluding carboxylic acids is 1. The van der Waals surface area contributed by atoms with E-state index < -0.39 is 29.4 Å². The van der Waals surface area contributed by atoms with Crippen LogP contribution in [-0.4, -0.2) is 34.2 Å². The molecule has 2 N–H and O–H groups in total. The van der Waals surface area contributed by atoms with Gasteiger partial charge >= 0.3 is 17.9 Å². The lowest BCUT2D eigenvalue weighted by Gasteiger charge is -2.28. The standard InChI is InChI=1S/C10H14O6/c1-4-6(11)16-7(8(12)13)10(3,5-2)9(14)15/h4,7H,1,5H2,2-3H3,(H,12,13)(H,14,15). The highest BCUT2D eigenvalue weighted by atomic mass is 16.6. The Hall–Kier alpha value is -1.85. The Bertz CT molecular complexity index is 321. The van der Waals surface area contributed by atoms with Gasteiger partial charge < -0.3 is 14.9 Å². The monoisotopic (exact) mass is 230 g/mol. The van der Waals surface area contributed by atoms with Gasteiger partial charge in [0.15, 0.2) is 0 Å². The lowest BCUT2D eigenvalue weighted by molar-refractivity contribution is -0.179. The number of aliphatic carboxylic acids is 2. The summed E-state index contributed by atoms with van der Waals surface area (Å²) in [4.78, 5) is 32.8. The fraction of sp³-hybridized carbons (Fsp3) is 0.500. The Kier molecular flexibility index (Phi) is 4.68. The Labute approximate surface area is 92.5 Å². The molecule has 0 aromatic rings. The van der Waals surface area contributed by atoms with Crippen molar-refractivity contribution in [1.82, 2.24) is 0 Å². The van der Waals surface area contributed by atoms with E-state index in [2.05, 4.69) is 11.3 Å². The second-order valence-corrected chi connectivity index (χ2v) is 3.44. The molecule has 0 saturated carbocycles. The summed E-state index contributed by atoms with van der Waals surface area (Å²) >= 11 is 0. The molecule has 0 aliphatic rings. The van der Waals surface area contributed by atoms with Crippen LogP contribution >= 0.6 is 0 Å². The van der Waals surface area contributed by atoms with Crippen molar-refractivity contribution in [2.75, 3.05) is 0 Å². The van der Waals surface area contributed by atoms with E-state index in [9.17, 15) is 14.4 Å². The molecule has 0 radical (unpaired) electrons. The van der Waals surface area contributed by atoms with Gasteiger partial charge in [0.2, 0.25) is 6.10 Å². The van der Waals surface area contributed by atoms with E-state index in [1.165, 1.54) is 13.8 Å². The molecule has 90 valence electrons. The van der Waals surface area contributed by atoms with Crippen LogP contribution < -0.4 is 0 Å². The average molecular weight is 230 g/mol. The molecule has 2 unspecified atom stereocenters. The molecule has 0 fully saturated rings. The molecule has 0 rings (SSSR count). The Morgan fingerprint density at radius 3 is 2.19 bits per heavy atom. The molecule has 0 spiro atoms. The molecule has 6 nitrogen and oxygen atoms in total. The highest BCUT2D eigenvalue weighted by Gasteiger charge is 2.47. The van der Waals surface area contributed by atoms with E-state index in [-0.39, 0.29) is 6.42 Å². The summed E-state index contributed by atoms with van der Waals surface area (Å²) in [6.07, 6.45) is -0.932. The van der Waals surface area contributed by atoms with Crippen LogP contribution in [0.5, 0.6) is 0 Å². The summed E-state index contributed by atoms with van der Waals surface area (Å²) in [6.45, 7) is 5.83. The van der Waals surface area contributed by atoms with E-state index in [1.54, 1.807) is 0 Å². The number of esters is 1.